The number of rotatable bonds is 3. The van der Waals surface area contributed by atoms with Gasteiger partial charge in [0.15, 0.2) is 0 Å². The number of hydrogen-bond donors (Lipinski definition) is 1. The Morgan fingerprint density at radius 2 is 2.40 bits per heavy atom. The van der Waals surface area contributed by atoms with Gasteiger partial charge in [-0.05, 0) is 30.7 Å². The minimum absolute atomic E-state index is 0.219. The van der Waals surface area contributed by atoms with Crippen LogP contribution < -0.4 is 0 Å². The van der Waals surface area contributed by atoms with Crippen LogP contribution in [0, 0.1) is 5.92 Å². The second-order valence-electron chi connectivity index (χ2n) is 5.86. The Morgan fingerprint density at radius 1 is 1.50 bits per heavy atom. The van der Waals surface area contributed by atoms with E-state index in [1.54, 1.807) is 23.1 Å². The van der Waals surface area contributed by atoms with E-state index in [0.717, 1.165) is 38.8 Å². The number of fused-ring (bicyclic) bond motifs is 1. The van der Waals surface area contributed by atoms with Gasteiger partial charge >= 0.3 is 0 Å². The van der Waals surface area contributed by atoms with E-state index in [4.69, 9.17) is 0 Å². The molecule has 1 aromatic rings. The van der Waals surface area contributed by atoms with E-state index in [0.29, 0.717) is 11.7 Å². The van der Waals surface area contributed by atoms with Crippen molar-refractivity contribution in [2.75, 3.05) is 18.8 Å². The lowest BCUT2D eigenvalue weighted by Gasteiger charge is -2.47. The maximum Gasteiger partial charge on any atom is 0.232 e. The number of thiophene rings is 1. The van der Waals surface area contributed by atoms with Crippen LogP contribution in [0.1, 0.15) is 32.1 Å². The summed E-state index contributed by atoms with van der Waals surface area (Å²) in [5, 5.41) is 12.7. The first-order chi connectivity index (χ1) is 9.67. The summed E-state index contributed by atoms with van der Waals surface area (Å²) in [5.41, 5.74) is -0.490. The summed E-state index contributed by atoms with van der Waals surface area (Å²) >= 11 is 3.30. The number of thioether (sulfide) groups is 1. The number of aliphatic hydroxyl groups is 1. The molecule has 0 bridgehead atoms. The number of carbonyl (C=O) groups is 1. The predicted molar refractivity (Wildman–Crippen MR) is 83.1 cm³/mol. The maximum atomic E-state index is 12.3. The fourth-order valence-electron chi connectivity index (χ4n) is 3.37. The first-order valence-corrected chi connectivity index (χ1v) is 9.20. The number of nitrogens with zero attached hydrogens (tertiary/aromatic N) is 1. The van der Waals surface area contributed by atoms with Crippen LogP contribution in [0.5, 0.6) is 0 Å². The molecular formula is C15H21NO2S2. The highest BCUT2D eigenvalue weighted by atomic mass is 32.2. The lowest BCUT2D eigenvalue weighted by atomic mass is 9.71. The van der Waals surface area contributed by atoms with Crippen molar-refractivity contribution in [2.45, 2.75) is 41.9 Å². The van der Waals surface area contributed by atoms with Crippen LogP contribution in [-0.2, 0) is 4.79 Å². The second-order valence-corrected chi connectivity index (χ2v) is 8.08. The number of amides is 1. The molecular weight excluding hydrogens is 290 g/mol. The Kier molecular flexibility index (Phi) is 4.38. The quantitative estimate of drug-likeness (QED) is 0.873. The molecule has 1 aromatic heterocycles. The van der Waals surface area contributed by atoms with Gasteiger partial charge in [-0.3, -0.25) is 4.79 Å². The third kappa shape index (κ3) is 3.05. The summed E-state index contributed by atoms with van der Waals surface area (Å²) in [4.78, 5) is 14.3. The first kappa shape index (κ1) is 14.4. The van der Waals surface area contributed by atoms with Gasteiger partial charge in [0.2, 0.25) is 5.91 Å². The molecule has 20 heavy (non-hydrogen) atoms. The van der Waals surface area contributed by atoms with Gasteiger partial charge < -0.3 is 10.0 Å². The van der Waals surface area contributed by atoms with Crippen LogP contribution in [-0.4, -0.2) is 40.4 Å². The van der Waals surface area contributed by atoms with E-state index in [9.17, 15) is 9.90 Å². The molecule has 5 heteroatoms. The molecule has 1 N–H and O–H groups in total. The highest BCUT2D eigenvalue weighted by Crippen LogP contribution is 2.40. The molecule has 3 rings (SSSR count). The molecule has 1 aliphatic heterocycles. The van der Waals surface area contributed by atoms with Crippen molar-refractivity contribution in [3.05, 3.63) is 17.5 Å². The van der Waals surface area contributed by atoms with Gasteiger partial charge in [-0.25, -0.2) is 0 Å². The Balaban J connectivity index is 1.54. The van der Waals surface area contributed by atoms with Crippen molar-refractivity contribution in [1.82, 2.24) is 4.90 Å². The molecule has 1 saturated carbocycles. The molecule has 0 radical (unpaired) electrons. The van der Waals surface area contributed by atoms with E-state index in [2.05, 4.69) is 6.07 Å². The van der Waals surface area contributed by atoms with E-state index >= 15 is 0 Å². The Morgan fingerprint density at radius 3 is 3.20 bits per heavy atom. The number of piperidine rings is 1. The zero-order chi connectivity index (χ0) is 14.0. The molecule has 1 saturated heterocycles. The van der Waals surface area contributed by atoms with Crippen LogP contribution in [0.3, 0.4) is 0 Å². The van der Waals surface area contributed by atoms with Crippen LogP contribution in [0.25, 0.3) is 0 Å². The fraction of sp³-hybridized carbons (Fsp3) is 0.667. The normalized spacial score (nSPS) is 30.1. The Bertz CT molecular complexity index is 462. The molecule has 3 nitrogen and oxygen atoms in total. The molecule has 110 valence electrons. The number of likely N-dealkylation sites (tertiary alicyclic amines) is 1. The van der Waals surface area contributed by atoms with Gasteiger partial charge in [-0.2, -0.15) is 0 Å². The van der Waals surface area contributed by atoms with Crippen LogP contribution in [0.2, 0.25) is 0 Å². The minimum atomic E-state index is -0.490. The lowest BCUT2D eigenvalue weighted by molar-refractivity contribution is -0.140. The smallest absolute Gasteiger partial charge is 0.232 e. The molecule has 0 aromatic carbocycles. The highest BCUT2D eigenvalue weighted by Gasteiger charge is 2.43. The second kappa shape index (κ2) is 6.08. The molecule has 1 amide bonds. The zero-order valence-corrected chi connectivity index (χ0v) is 13.2. The summed E-state index contributed by atoms with van der Waals surface area (Å²) in [6, 6.07) is 4.07. The number of carbonyl (C=O) groups excluding carboxylic acids is 1. The average Bonchev–Trinajstić information content (AvgIpc) is 2.97. The van der Waals surface area contributed by atoms with Crippen molar-refractivity contribution >= 4 is 29.0 Å². The maximum absolute atomic E-state index is 12.3. The molecule has 0 spiro atoms. The average molecular weight is 311 g/mol. The number of hydrogen-bond acceptors (Lipinski definition) is 4. The highest BCUT2D eigenvalue weighted by molar-refractivity contribution is 8.01. The minimum Gasteiger partial charge on any atom is -0.389 e. The summed E-state index contributed by atoms with van der Waals surface area (Å²) in [6.07, 6.45) is 5.07. The van der Waals surface area contributed by atoms with Gasteiger partial charge in [-0.15, -0.1) is 23.1 Å². The van der Waals surface area contributed by atoms with Gasteiger partial charge in [-0.1, -0.05) is 18.9 Å². The standard InChI is InChI=1S/C15H21NO2S2/c17-13(11-20-14-5-3-9-19-14)16-8-7-15(18)6-2-1-4-12(15)10-16/h3,5,9,12,18H,1-2,4,6-8,10-11H2. The molecule has 2 fully saturated rings. The van der Waals surface area contributed by atoms with Crippen molar-refractivity contribution in [3.63, 3.8) is 0 Å². The van der Waals surface area contributed by atoms with E-state index in [1.165, 1.54) is 10.6 Å². The van der Waals surface area contributed by atoms with E-state index < -0.39 is 5.60 Å². The van der Waals surface area contributed by atoms with Crippen LogP contribution in [0.4, 0.5) is 0 Å². The topological polar surface area (TPSA) is 40.5 Å². The van der Waals surface area contributed by atoms with Crippen molar-refractivity contribution in [2.24, 2.45) is 5.92 Å². The van der Waals surface area contributed by atoms with Gasteiger partial charge in [0, 0.05) is 19.0 Å². The third-order valence-corrected chi connectivity index (χ3v) is 6.73. The summed E-state index contributed by atoms with van der Waals surface area (Å²) < 4.78 is 1.20. The lowest BCUT2D eigenvalue weighted by Crippen LogP contribution is -2.55. The summed E-state index contributed by atoms with van der Waals surface area (Å²) in [7, 11) is 0. The van der Waals surface area contributed by atoms with Crippen LogP contribution in [0.15, 0.2) is 21.7 Å². The largest absolute Gasteiger partial charge is 0.389 e. The van der Waals surface area contributed by atoms with Crippen molar-refractivity contribution in [3.8, 4) is 0 Å². The molecule has 2 heterocycles. The SMILES string of the molecule is O=C(CSc1cccs1)N1CCC2(O)CCCCC2C1. The van der Waals surface area contributed by atoms with Gasteiger partial charge in [0.05, 0.1) is 15.6 Å². The monoisotopic (exact) mass is 311 g/mol. The van der Waals surface area contributed by atoms with Crippen molar-refractivity contribution < 1.29 is 9.90 Å². The Hall–Kier alpha value is -0.520. The Labute approximate surface area is 128 Å². The van der Waals surface area contributed by atoms with Gasteiger partial charge in [0.25, 0.3) is 0 Å². The van der Waals surface area contributed by atoms with E-state index in [-0.39, 0.29) is 5.91 Å². The molecule has 1 aliphatic carbocycles. The predicted octanol–water partition coefficient (Wildman–Crippen LogP) is 2.99. The molecule has 2 unspecified atom stereocenters. The molecule has 2 aliphatic rings. The zero-order valence-electron chi connectivity index (χ0n) is 11.6. The van der Waals surface area contributed by atoms with Gasteiger partial charge in [0.1, 0.15) is 0 Å². The first-order valence-electron chi connectivity index (χ1n) is 7.34. The fourth-order valence-corrected chi connectivity index (χ4v) is 5.05. The summed E-state index contributed by atoms with van der Waals surface area (Å²) in [5.74, 6) is 1.03. The van der Waals surface area contributed by atoms with Crippen molar-refractivity contribution in [1.29, 1.82) is 0 Å². The van der Waals surface area contributed by atoms with E-state index in [1.807, 2.05) is 16.3 Å². The summed E-state index contributed by atoms with van der Waals surface area (Å²) in [6.45, 7) is 1.47. The third-order valence-electron chi connectivity index (χ3n) is 4.61. The molecule has 2 atom stereocenters. The van der Waals surface area contributed by atoms with Crippen LogP contribution >= 0.6 is 23.1 Å².